The Hall–Kier alpha value is -2.41. The summed E-state index contributed by atoms with van der Waals surface area (Å²) in [5.41, 5.74) is 3.33. The fourth-order valence-electron chi connectivity index (χ4n) is 2.56. The summed E-state index contributed by atoms with van der Waals surface area (Å²) in [6, 6.07) is 5.47. The molecule has 0 saturated heterocycles. The molecule has 152 valence electrons. The molecule has 0 aliphatic rings. The summed E-state index contributed by atoms with van der Waals surface area (Å²) in [4.78, 5) is 14.0. The van der Waals surface area contributed by atoms with Gasteiger partial charge < -0.3 is 4.74 Å². The number of anilines is 1. The van der Waals surface area contributed by atoms with E-state index < -0.39 is 0 Å². The highest BCUT2D eigenvalue weighted by molar-refractivity contribution is 6.33. The minimum Gasteiger partial charge on any atom is -0.494 e. The smallest absolute Gasteiger partial charge is 0.274 e. The molecule has 0 aliphatic heterocycles. The summed E-state index contributed by atoms with van der Waals surface area (Å²) in [7, 11) is 0. The van der Waals surface area contributed by atoms with E-state index in [1.807, 2.05) is 12.1 Å². The number of hydrogen-bond acceptors (Lipinski definition) is 6. The minimum absolute atomic E-state index is 0.164. The Morgan fingerprint density at radius 2 is 1.93 bits per heavy atom. The molecule has 8 heteroatoms. The minimum atomic E-state index is -0.312. The van der Waals surface area contributed by atoms with Crippen molar-refractivity contribution in [2.75, 3.05) is 12.0 Å². The Bertz CT molecular complexity index is 822. The Kier molecular flexibility index (Phi) is 9.48. The van der Waals surface area contributed by atoms with Crippen molar-refractivity contribution in [2.45, 2.75) is 58.8 Å². The van der Waals surface area contributed by atoms with Gasteiger partial charge in [-0.2, -0.15) is 5.10 Å². The van der Waals surface area contributed by atoms with Crippen molar-refractivity contribution in [3.63, 3.8) is 0 Å². The maximum Gasteiger partial charge on any atom is 0.274 e. The van der Waals surface area contributed by atoms with Crippen molar-refractivity contribution in [2.24, 2.45) is 5.10 Å². The first kappa shape index (κ1) is 21.9. The number of ether oxygens (including phenoxy) is 1. The van der Waals surface area contributed by atoms with Gasteiger partial charge in [0.15, 0.2) is 0 Å². The number of nitrogens with zero attached hydrogens (tertiary/aromatic N) is 3. The maximum absolute atomic E-state index is 11.5. The topological polar surface area (TPSA) is 92.3 Å². The molecule has 7 nitrogen and oxygen atoms in total. The summed E-state index contributed by atoms with van der Waals surface area (Å²) < 4.78 is 5.77. The van der Waals surface area contributed by atoms with Gasteiger partial charge in [-0.3, -0.25) is 9.78 Å². The molecule has 2 rings (SSSR count). The molecule has 0 atom stereocenters. The van der Waals surface area contributed by atoms with Gasteiger partial charge in [-0.05, 0) is 31.5 Å². The molecule has 0 aliphatic carbocycles. The Balaban J connectivity index is 1.75. The summed E-state index contributed by atoms with van der Waals surface area (Å²) in [5.74, 6) is 0.910. The van der Waals surface area contributed by atoms with Gasteiger partial charge in [-0.15, -0.1) is 10.2 Å². The molecule has 2 aromatic rings. The highest BCUT2D eigenvalue weighted by atomic mass is 35.5. The van der Waals surface area contributed by atoms with Gasteiger partial charge in [0.1, 0.15) is 11.4 Å². The van der Waals surface area contributed by atoms with Crippen molar-refractivity contribution in [3.05, 3.63) is 44.8 Å². The molecule has 0 spiro atoms. The molecule has 0 saturated carbocycles. The van der Waals surface area contributed by atoms with Gasteiger partial charge in [0.25, 0.3) is 5.56 Å². The molecule has 0 fully saturated rings. The molecule has 1 aromatic carbocycles. The maximum atomic E-state index is 11.5. The third-order valence-electron chi connectivity index (χ3n) is 4.22. The highest BCUT2D eigenvalue weighted by Crippen LogP contribution is 2.22. The summed E-state index contributed by atoms with van der Waals surface area (Å²) in [5, 5.41) is 12.1. The number of aromatic amines is 1. The first-order valence-corrected chi connectivity index (χ1v) is 10.1. The van der Waals surface area contributed by atoms with Gasteiger partial charge in [0.05, 0.1) is 17.8 Å². The number of hydrazone groups is 1. The quantitative estimate of drug-likeness (QED) is 0.303. The van der Waals surface area contributed by atoms with E-state index in [1.54, 1.807) is 19.2 Å². The molecular weight excluding hydrogens is 378 g/mol. The van der Waals surface area contributed by atoms with Crippen LogP contribution in [0.1, 0.15) is 63.1 Å². The number of halogens is 1. The Morgan fingerprint density at radius 3 is 2.64 bits per heavy atom. The van der Waals surface area contributed by atoms with E-state index in [9.17, 15) is 4.79 Å². The van der Waals surface area contributed by atoms with Crippen molar-refractivity contribution in [1.29, 1.82) is 0 Å². The highest BCUT2D eigenvalue weighted by Gasteiger charge is 2.02. The first-order chi connectivity index (χ1) is 13.6. The van der Waals surface area contributed by atoms with Crippen molar-refractivity contribution in [3.8, 4) is 5.75 Å². The van der Waals surface area contributed by atoms with Crippen molar-refractivity contribution in [1.82, 2.24) is 15.2 Å². The Morgan fingerprint density at radius 1 is 1.18 bits per heavy atom. The summed E-state index contributed by atoms with van der Waals surface area (Å²) in [6.45, 7) is 4.50. The molecule has 0 unspecified atom stereocenters. The lowest BCUT2D eigenvalue weighted by molar-refractivity contribution is 0.304. The zero-order valence-electron chi connectivity index (χ0n) is 16.5. The predicted octanol–water partition coefficient (Wildman–Crippen LogP) is 4.70. The van der Waals surface area contributed by atoms with Gasteiger partial charge in [-0.1, -0.05) is 57.0 Å². The Labute approximate surface area is 170 Å². The number of hydrogen-bond donors (Lipinski definition) is 2. The van der Waals surface area contributed by atoms with E-state index in [4.69, 9.17) is 16.3 Å². The average molecular weight is 406 g/mol. The van der Waals surface area contributed by atoms with Crippen LogP contribution >= 0.6 is 11.6 Å². The molecule has 28 heavy (non-hydrogen) atoms. The molecule has 1 heterocycles. The van der Waals surface area contributed by atoms with Gasteiger partial charge in [0.2, 0.25) is 5.95 Å². The van der Waals surface area contributed by atoms with Crippen LogP contribution in [-0.2, 0) is 0 Å². The fourth-order valence-corrected chi connectivity index (χ4v) is 2.78. The number of H-pyrrole nitrogens is 1. The molecule has 0 amide bonds. The third-order valence-corrected chi connectivity index (χ3v) is 4.55. The molecular formula is C20H28ClN5O2. The van der Waals surface area contributed by atoms with Crippen LogP contribution in [0.15, 0.2) is 28.1 Å². The second-order valence-corrected chi connectivity index (χ2v) is 7.02. The lowest BCUT2D eigenvalue weighted by Crippen LogP contribution is -2.15. The van der Waals surface area contributed by atoms with Gasteiger partial charge >= 0.3 is 0 Å². The monoisotopic (exact) mass is 405 g/mol. The van der Waals surface area contributed by atoms with Crippen LogP contribution in [0.3, 0.4) is 0 Å². The van der Waals surface area contributed by atoms with E-state index in [-0.39, 0.29) is 11.5 Å². The predicted molar refractivity (Wildman–Crippen MR) is 114 cm³/mol. The largest absolute Gasteiger partial charge is 0.494 e. The lowest BCUT2D eigenvalue weighted by atomic mass is 10.1. The van der Waals surface area contributed by atoms with E-state index >= 15 is 0 Å². The summed E-state index contributed by atoms with van der Waals surface area (Å²) in [6.07, 6.45) is 10.3. The normalized spacial score (nSPS) is 11.1. The summed E-state index contributed by atoms with van der Waals surface area (Å²) >= 11 is 6.28. The van der Waals surface area contributed by atoms with Crippen molar-refractivity contribution >= 4 is 23.8 Å². The van der Waals surface area contributed by atoms with Crippen LogP contribution in [0.25, 0.3) is 0 Å². The van der Waals surface area contributed by atoms with Crippen molar-refractivity contribution < 1.29 is 4.74 Å². The number of aromatic nitrogens is 3. The lowest BCUT2D eigenvalue weighted by Gasteiger charge is -2.07. The zero-order valence-corrected chi connectivity index (χ0v) is 17.3. The van der Waals surface area contributed by atoms with Crippen LogP contribution < -0.4 is 15.7 Å². The standard InChI is InChI=1S/C20H28ClN5O2/c1-3-4-5-6-7-8-9-12-28-17-11-10-16(18(21)13-17)14-22-25-20-23-19(27)15(2)24-26-20/h10-11,13-14H,3-9,12H2,1-2H3,(H2,23,25,26,27)/b22-14+. The second-order valence-electron chi connectivity index (χ2n) is 6.61. The van der Waals surface area contributed by atoms with E-state index in [2.05, 4.69) is 32.6 Å². The molecule has 1 aromatic heterocycles. The number of benzene rings is 1. The van der Waals surface area contributed by atoms with Crippen LogP contribution in [0.4, 0.5) is 5.95 Å². The number of unbranched alkanes of at least 4 members (excludes halogenated alkanes) is 6. The molecule has 0 bridgehead atoms. The van der Waals surface area contributed by atoms with Crippen LogP contribution in [0.2, 0.25) is 5.02 Å². The van der Waals surface area contributed by atoms with E-state index in [0.717, 1.165) is 17.7 Å². The van der Waals surface area contributed by atoms with Gasteiger partial charge in [0, 0.05) is 5.56 Å². The number of aryl methyl sites for hydroxylation is 1. The van der Waals surface area contributed by atoms with E-state index in [0.29, 0.717) is 17.3 Å². The van der Waals surface area contributed by atoms with Gasteiger partial charge in [-0.25, -0.2) is 5.43 Å². The van der Waals surface area contributed by atoms with Crippen LogP contribution in [0, 0.1) is 6.92 Å². The number of rotatable bonds is 12. The van der Waals surface area contributed by atoms with E-state index in [1.165, 1.54) is 38.5 Å². The third kappa shape index (κ3) is 7.68. The fraction of sp³-hybridized carbons (Fsp3) is 0.500. The SMILES string of the molecule is CCCCCCCCCOc1ccc(/C=N/Nc2nnc(C)c(=O)[nH]2)c(Cl)c1. The molecule has 2 N–H and O–H groups in total. The zero-order chi connectivity index (χ0) is 20.2. The van der Waals surface area contributed by atoms with Crippen LogP contribution in [0.5, 0.6) is 5.75 Å². The number of nitrogens with one attached hydrogen (secondary N) is 2. The first-order valence-electron chi connectivity index (χ1n) is 9.75. The second kappa shape index (κ2) is 12.1. The average Bonchev–Trinajstić information content (AvgIpc) is 2.68. The molecule has 0 radical (unpaired) electrons. The van der Waals surface area contributed by atoms with Crippen LogP contribution in [-0.4, -0.2) is 28.0 Å².